The maximum atomic E-state index is 12.0. The first-order chi connectivity index (χ1) is 8.39. The van der Waals surface area contributed by atoms with Crippen LogP contribution >= 0.6 is 11.6 Å². The van der Waals surface area contributed by atoms with Gasteiger partial charge in [-0.05, 0) is 31.2 Å². The molecule has 0 aliphatic rings. The second kappa shape index (κ2) is 5.88. The smallest absolute Gasteiger partial charge is 0.350 e. The van der Waals surface area contributed by atoms with Gasteiger partial charge < -0.3 is 9.84 Å². The summed E-state index contributed by atoms with van der Waals surface area (Å²) in [6.07, 6.45) is 0.728. The molecule has 0 saturated heterocycles. The number of benzene rings is 1. The lowest BCUT2D eigenvalue weighted by Gasteiger charge is -2.05. The zero-order valence-corrected chi connectivity index (χ0v) is 11.0. The molecule has 1 N–H and O–H groups in total. The van der Waals surface area contributed by atoms with Crippen LogP contribution in [-0.4, -0.2) is 26.1 Å². The molecule has 0 radical (unpaired) electrons. The van der Waals surface area contributed by atoms with Gasteiger partial charge in [0.05, 0.1) is 11.5 Å². The van der Waals surface area contributed by atoms with Crippen molar-refractivity contribution in [1.82, 2.24) is 0 Å². The Hall–Kier alpha value is -1.53. The average Bonchev–Trinajstić information content (AvgIpc) is 2.29. The molecule has 0 unspecified atom stereocenters. The van der Waals surface area contributed by atoms with Crippen molar-refractivity contribution in [1.29, 1.82) is 0 Å². The molecular weight excluding hydrogens is 280 g/mol. The highest BCUT2D eigenvalue weighted by atomic mass is 35.5. The molecule has 1 rings (SSSR count). The van der Waals surface area contributed by atoms with Gasteiger partial charge >= 0.3 is 5.97 Å². The van der Waals surface area contributed by atoms with Crippen LogP contribution in [0.4, 0.5) is 0 Å². The van der Waals surface area contributed by atoms with Crippen LogP contribution in [0.3, 0.4) is 0 Å². The van der Waals surface area contributed by atoms with Gasteiger partial charge in [0.2, 0.25) is 9.84 Å². The summed E-state index contributed by atoms with van der Waals surface area (Å²) in [5, 5.41) is 9.26. The van der Waals surface area contributed by atoms with E-state index in [0.29, 0.717) is 5.02 Å². The second-order valence-electron chi connectivity index (χ2n) is 3.20. The minimum atomic E-state index is -4.11. The monoisotopic (exact) mass is 290 g/mol. The first-order valence-corrected chi connectivity index (χ1v) is 6.81. The average molecular weight is 291 g/mol. The van der Waals surface area contributed by atoms with Gasteiger partial charge in [-0.1, -0.05) is 11.6 Å². The predicted molar refractivity (Wildman–Crippen MR) is 66.0 cm³/mol. The van der Waals surface area contributed by atoms with E-state index < -0.39 is 20.7 Å². The summed E-state index contributed by atoms with van der Waals surface area (Å²) in [4.78, 5) is 9.97. The van der Waals surface area contributed by atoms with Gasteiger partial charge in [-0.25, -0.2) is 13.2 Å². The zero-order valence-electron chi connectivity index (χ0n) is 9.46. The normalized spacial score (nSPS) is 12.2. The summed E-state index contributed by atoms with van der Waals surface area (Å²) in [7, 11) is -4.11. The van der Waals surface area contributed by atoms with Gasteiger partial charge in [0.15, 0.2) is 4.91 Å². The Morgan fingerprint density at radius 3 is 2.39 bits per heavy atom. The third-order valence-corrected chi connectivity index (χ3v) is 3.98. The highest BCUT2D eigenvalue weighted by molar-refractivity contribution is 7.96. The molecule has 98 valence electrons. The third-order valence-electron chi connectivity index (χ3n) is 1.98. The van der Waals surface area contributed by atoms with E-state index in [0.717, 1.165) is 6.26 Å². The molecule has 5 nitrogen and oxygen atoms in total. The number of carboxylic acid groups (broad SMARTS) is 1. The van der Waals surface area contributed by atoms with Crippen LogP contribution in [0.25, 0.3) is 0 Å². The van der Waals surface area contributed by atoms with Crippen molar-refractivity contribution in [2.45, 2.75) is 11.8 Å². The van der Waals surface area contributed by atoms with Crippen LogP contribution in [0.2, 0.25) is 5.02 Å². The van der Waals surface area contributed by atoms with Gasteiger partial charge in [0.1, 0.15) is 6.26 Å². The molecule has 0 bridgehead atoms. The summed E-state index contributed by atoms with van der Waals surface area (Å²) in [5.74, 6) is -1.57. The van der Waals surface area contributed by atoms with Crippen molar-refractivity contribution in [3.63, 3.8) is 0 Å². The minimum Gasteiger partial charge on any atom is -0.500 e. The van der Waals surface area contributed by atoms with Crippen LogP contribution in [0.5, 0.6) is 0 Å². The van der Waals surface area contributed by atoms with Gasteiger partial charge in [-0.3, -0.25) is 0 Å². The summed E-state index contributed by atoms with van der Waals surface area (Å²) in [6.45, 7) is 1.79. The molecule has 0 aliphatic heterocycles. The van der Waals surface area contributed by atoms with Crippen LogP contribution in [0, 0.1) is 0 Å². The number of sulfone groups is 1. The molecular formula is C11H11ClO5S. The number of ether oxygens (including phenoxy) is 1. The summed E-state index contributed by atoms with van der Waals surface area (Å²) in [5.41, 5.74) is 0. The van der Waals surface area contributed by atoms with Crippen molar-refractivity contribution in [3.05, 3.63) is 40.5 Å². The van der Waals surface area contributed by atoms with Crippen molar-refractivity contribution >= 4 is 27.4 Å². The maximum Gasteiger partial charge on any atom is 0.350 e. The number of aliphatic carboxylic acids is 1. The highest BCUT2D eigenvalue weighted by Gasteiger charge is 2.27. The Morgan fingerprint density at radius 2 is 1.94 bits per heavy atom. The second-order valence-corrected chi connectivity index (χ2v) is 5.55. The molecule has 0 fully saturated rings. The van der Waals surface area contributed by atoms with E-state index in [9.17, 15) is 13.2 Å². The molecule has 0 atom stereocenters. The molecule has 1 aromatic rings. The topological polar surface area (TPSA) is 80.7 Å². The Balaban J connectivity index is 3.26. The summed E-state index contributed by atoms with van der Waals surface area (Å²) < 4.78 is 28.8. The molecule has 0 aromatic heterocycles. The lowest BCUT2D eigenvalue weighted by atomic mass is 10.4. The molecule has 0 heterocycles. The van der Waals surface area contributed by atoms with Crippen LogP contribution in [0.15, 0.2) is 40.3 Å². The molecule has 0 spiro atoms. The molecule has 0 aliphatic carbocycles. The quantitative estimate of drug-likeness (QED) is 0.663. The largest absolute Gasteiger partial charge is 0.500 e. The number of rotatable bonds is 5. The summed E-state index contributed by atoms with van der Waals surface area (Å²) >= 11 is 5.64. The fraction of sp³-hybridized carbons (Fsp3) is 0.182. The van der Waals surface area contributed by atoms with E-state index in [4.69, 9.17) is 21.4 Å². The molecule has 18 heavy (non-hydrogen) atoms. The first kappa shape index (κ1) is 14.5. The van der Waals surface area contributed by atoms with E-state index >= 15 is 0 Å². The number of carboxylic acids is 1. The lowest BCUT2D eigenvalue weighted by Crippen LogP contribution is -2.14. The van der Waals surface area contributed by atoms with Crippen LogP contribution in [0.1, 0.15) is 6.92 Å². The van der Waals surface area contributed by atoms with E-state index in [1.54, 1.807) is 6.92 Å². The van der Waals surface area contributed by atoms with Gasteiger partial charge in [-0.2, -0.15) is 0 Å². The minimum absolute atomic E-state index is 0.153. The van der Waals surface area contributed by atoms with Gasteiger partial charge in [0.25, 0.3) is 0 Å². The number of hydrogen-bond donors (Lipinski definition) is 1. The number of carbonyl (C=O) groups is 1. The summed E-state index contributed by atoms with van der Waals surface area (Å²) in [6, 6.07) is 5.21. The predicted octanol–water partition coefficient (Wildman–Crippen LogP) is 2.08. The number of hydrogen-bond acceptors (Lipinski definition) is 4. The maximum absolute atomic E-state index is 12.0. The zero-order chi connectivity index (χ0) is 13.8. The van der Waals surface area contributed by atoms with Crippen molar-refractivity contribution in [2.75, 3.05) is 6.61 Å². The number of halogens is 1. The fourth-order valence-electron chi connectivity index (χ4n) is 1.13. The molecule has 7 heteroatoms. The standard InChI is InChI=1S/C11H11ClO5S/c1-2-17-7-10(11(13)14)18(15,16)9-5-3-8(12)4-6-9/h3-7H,2H2,1H3,(H,13,14)/b10-7+. The first-order valence-electron chi connectivity index (χ1n) is 4.95. The lowest BCUT2D eigenvalue weighted by molar-refractivity contribution is -0.132. The SMILES string of the molecule is CCO/C=C(\C(=O)O)S(=O)(=O)c1ccc(Cl)cc1. The molecule has 0 amide bonds. The van der Waals surface area contributed by atoms with E-state index in [1.807, 2.05) is 0 Å². The van der Waals surface area contributed by atoms with Crippen LogP contribution < -0.4 is 0 Å². The Labute approximate surface area is 110 Å². The van der Waals surface area contributed by atoms with Crippen LogP contribution in [-0.2, 0) is 19.4 Å². The third kappa shape index (κ3) is 3.24. The highest BCUT2D eigenvalue weighted by Crippen LogP contribution is 2.21. The fourth-order valence-corrected chi connectivity index (χ4v) is 2.43. The van der Waals surface area contributed by atoms with E-state index in [2.05, 4.69) is 0 Å². The molecule has 0 saturated carbocycles. The Kier molecular flexibility index (Phi) is 4.75. The van der Waals surface area contributed by atoms with E-state index in [-0.39, 0.29) is 11.5 Å². The Morgan fingerprint density at radius 1 is 1.39 bits per heavy atom. The van der Waals surface area contributed by atoms with Gasteiger partial charge in [-0.15, -0.1) is 0 Å². The Bertz CT molecular complexity index is 560. The molecule has 1 aromatic carbocycles. The van der Waals surface area contributed by atoms with Crippen molar-refractivity contribution in [3.8, 4) is 0 Å². The van der Waals surface area contributed by atoms with Crippen molar-refractivity contribution in [2.24, 2.45) is 0 Å². The van der Waals surface area contributed by atoms with E-state index in [1.165, 1.54) is 24.3 Å². The van der Waals surface area contributed by atoms with Crippen molar-refractivity contribution < 1.29 is 23.1 Å². The van der Waals surface area contributed by atoms with Gasteiger partial charge in [0, 0.05) is 5.02 Å².